The van der Waals surface area contributed by atoms with E-state index in [1.807, 2.05) is 54.7 Å². The fourth-order valence-electron chi connectivity index (χ4n) is 2.74. The molecule has 0 aliphatic carbocycles. The number of fused-ring (bicyclic) bond motifs is 1. The van der Waals surface area contributed by atoms with Crippen molar-refractivity contribution in [3.8, 4) is 5.75 Å². The lowest BCUT2D eigenvalue weighted by Gasteiger charge is -2.17. The number of carbonyl (C=O) groups excluding carboxylic acids is 1. The van der Waals surface area contributed by atoms with Crippen molar-refractivity contribution >= 4 is 22.6 Å². The Labute approximate surface area is 140 Å². The van der Waals surface area contributed by atoms with Crippen LogP contribution >= 0.6 is 0 Å². The van der Waals surface area contributed by atoms with Gasteiger partial charge >= 0.3 is 5.97 Å². The molecular formula is C19H20N2O3. The molecule has 0 aliphatic heterocycles. The van der Waals surface area contributed by atoms with E-state index in [-0.39, 0.29) is 5.97 Å². The van der Waals surface area contributed by atoms with Gasteiger partial charge in [-0.2, -0.15) is 0 Å². The number of carbonyl (C=O) groups is 1. The highest BCUT2D eigenvalue weighted by molar-refractivity contribution is 5.85. The van der Waals surface area contributed by atoms with Crippen molar-refractivity contribution in [2.75, 3.05) is 19.5 Å². The number of benzene rings is 2. The number of hydrogen-bond acceptors (Lipinski definition) is 4. The topological polar surface area (TPSA) is 63.4 Å². The number of anilines is 1. The Morgan fingerprint density at radius 1 is 1.12 bits per heavy atom. The van der Waals surface area contributed by atoms with Crippen LogP contribution in [0.5, 0.6) is 5.75 Å². The minimum Gasteiger partial charge on any atom is -0.497 e. The molecule has 1 aromatic heterocycles. The lowest BCUT2D eigenvalue weighted by atomic mass is 10.0. The lowest BCUT2D eigenvalue weighted by Crippen LogP contribution is -2.32. The number of esters is 1. The molecule has 1 atom stereocenters. The molecular weight excluding hydrogens is 304 g/mol. The van der Waals surface area contributed by atoms with Crippen LogP contribution < -0.4 is 10.1 Å². The van der Waals surface area contributed by atoms with Crippen LogP contribution in [0.25, 0.3) is 10.9 Å². The van der Waals surface area contributed by atoms with Gasteiger partial charge in [-0.25, -0.2) is 4.79 Å². The first-order chi connectivity index (χ1) is 11.7. The number of aromatic nitrogens is 1. The number of ether oxygens (including phenoxy) is 2. The molecule has 0 radical (unpaired) electrons. The maximum absolute atomic E-state index is 12.2. The Balaban J connectivity index is 1.82. The molecule has 0 saturated carbocycles. The van der Waals surface area contributed by atoms with Crippen molar-refractivity contribution in [3.05, 3.63) is 60.3 Å². The number of methoxy groups -OCH3 is 2. The van der Waals surface area contributed by atoms with E-state index in [0.717, 1.165) is 27.9 Å². The zero-order valence-corrected chi connectivity index (χ0v) is 13.7. The Hall–Kier alpha value is -2.95. The van der Waals surface area contributed by atoms with Crippen LogP contribution in [0.3, 0.4) is 0 Å². The number of para-hydroxylation sites is 1. The number of rotatable bonds is 6. The molecule has 2 aromatic carbocycles. The molecule has 0 fully saturated rings. The van der Waals surface area contributed by atoms with E-state index in [9.17, 15) is 4.79 Å². The summed E-state index contributed by atoms with van der Waals surface area (Å²) in [5, 5.41) is 4.35. The highest BCUT2D eigenvalue weighted by Crippen LogP contribution is 2.21. The fraction of sp³-hybridized carbons (Fsp3) is 0.211. The highest BCUT2D eigenvalue weighted by atomic mass is 16.5. The van der Waals surface area contributed by atoms with Crippen LogP contribution in [-0.4, -0.2) is 31.2 Å². The first-order valence-corrected chi connectivity index (χ1v) is 7.74. The van der Waals surface area contributed by atoms with Crippen molar-refractivity contribution in [3.63, 3.8) is 0 Å². The SMILES string of the molecule is COC(=O)[C@H](Cc1c[nH]c2ccccc12)Nc1ccc(OC)cc1. The third-order valence-electron chi connectivity index (χ3n) is 4.02. The van der Waals surface area contributed by atoms with Crippen LogP contribution in [0.4, 0.5) is 5.69 Å². The molecule has 2 N–H and O–H groups in total. The minimum atomic E-state index is -0.470. The molecule has 0 unspecified atom stereocenters. The second-order valence-electron chi connectivity index (χ2n) is 5.51. The maximum atomic E-state index is 12.2. The van der Waals surface area contributed by atoms with Crippen molar-refractivity contribution in [2.45, 2.75) is 12.5 Å². The normalized spacial score (nSPS) is 11.9. The van der Waals surface area contributed by atoms with E-state index in [1.165, 1.54) is 7.11 Å². The monoisotopic (exact) mass is 324 g/mol. The summed E-state index contributed by atoms with van der Waals surface area (Å²) >= 11 is 0. The molecule has 0 aliphatic rings. The van der Waals surface area contributed by atoms with Gasteiger partial charge in [0.25, 0.3) is 0 Å². The van der Waals surface area contributed by atoms with Gasteiger partial charge in [-0.1, -0.05) is 18.2 Å². The predicted octanol–water partition coefficient (Wildman–Crippen LogP) is 3.37. The zero-order valence-electron chi connectivity index (χ0n) is 13.7. The largest absolute Gasteiger partial charge is 0.497 e. The summed E-state index contributed by atoms with van der Waals surface area (Å²) in [7, 11) is 3.02. The van der Waals surface area contributed by atoms with E-state index >= 15 is 0 Å². The van der Waals surface area contributed by atoms with E-state index < -0.39 is 6.04 Å². The van der Waals surface area contributed by atoms with Gasteiger partial charge < -0.3 is 19.8 Å². The average Bonchev–Trinajstić information content (AvgIpc) is 3.04. The van der Waals surface area contributed by atoms with Crippen molar-refractivity contribution in [2.24, 2.45) is 0 Å². The summed E-state index contributed by atoms with van der Waals surface area (Å²) in [4.78, 5) is 15.4. The van der Waals surface area contributed by atoms with Gasteiger partial charge in [0.2, 0.25) is 0 Å². The van der Waals surface area contributed by atoms with Crippen molar-refractivity contribution in [1.82, 2.24) is 4.98 Å². The minimum absolute atomic E-state index is 0.295. The number of H-pyrrole nitrogens is 1. The van der Waals surface area contributed by atoms with E-state index in [0.29, 0.717) is 6.42 Å². The zero-order chi connectivity index (χ0) is 16.9. The molecule has 0 bridgehead atoms. The summed E-state index contributed by atoms with van der Waals surface area (Å²) in [5.41, 5.74) is 2.97. The van der Waals surface area contributed by atoms with Crippen molar-refractivity contribution < 1.29 is 14.3 Å². The summed E-state index contributed by atoms with van der Waals surface area (Å²) in [6, 6.07) is 15.0. The second-order valence-corrected chi connectivity index (χ2v) is 5.51. The van der Waals surface area contributed by atoms with Gasteiger partial charge in [-0.05, 0) is 35.9 Å². The standard InChI is InChI=1S/C19H20N2O3/c1-23-15-9-7-14(8-10-15)21-18(19(22)24-2)11-13-12-20-17-6-4-3-5-16(13)17/h3-10,12,18,20-21H,11H2,1-2H3/t18-/m0/s1. The average molecular weight is 324 g/mol. The predicted molar refractivity (Wildman–Crippen MR) is 94.4 cm³/mol. The van der Waals surface area contributed by atoms with Crippen LogP contribution in [0.2, 0.25) is 0 Å². The number of hydrogen-bond donors (Lipinski definition) is 2. The van der Waals surface area contributed by atoms with Crippen LogP contribution in [0.15, 0.2) is 54.7 Å². The Bertz CT molecular complexity index is 824. The lowest BCUT2D eigenvalue weighted by molar-refractivity contribution is -0.141. The number of nitrogens with one attached hydrogen (secondary N) is 2. The van der Waals surface area contributed by atoms with Gasteiger partial charge in [0, 0.05) is 29.2 Å². The third kappa shape index (κ3) is 3.35. The molecule has 0 saturated heterocycles. The molecule has 1 heterocycles. The molecule has 0 spiro atoms. The second kappa shape index (κ2) is 7.08. The molecule has 0 amide bonds. The van der Waals surface area contributed by atoms with Gasteiger partial charge in [0.1, 0.15) is 11.8 Å². The fourth-order valence-corrected chi connectivity index (χ4v) is 2.74. The Morgan fingerprint density at radius 3 is 2.58 bits per heavy atom. The Kier molecular flexibility index (Phi) is 4.70. The summed E-state index contributed by atoms with van der Waals surface area (Å²) in [5.74, 6) is 0.475. The van der Waals surface area contributed by atoms with Crippen LogP contribution in [0.1, 0.15) is 5.56 Å². The van der Waals surface area contributed by atoms with Gasteiger partial charge in [0.05, 0.1) is 14.2 Å². The smallest absolute Gasteiger partial charge is 0.328 e. The van der Waals surface area contributed by atoms with Gasteiger partial charge in [-0.15, -0.1) is 0 Å². The quantitative estimate of drug-likeness (QED) is 0.682. The maximum Gasteiger partial charge on any atom is 0.328 e. The van der Waals surface area contributed by atoms with Crippen LogP contribution in [0, 0.1) is 0 Å². The molecule has 3 rings (SSSR count). The van der Waals surface area contributed by atoms with E-state index in [1.54, 1.807) is 7.11 Å². The molecule has 24 heavy (non-hydrogen) atoms. The molecule has 5 nitrogen and oxygen atoms in total. The molecule has 5 heteroatoms. The van der Waals surface area contributed by atoms with Crippen molar-refractivity contribution in [1.29, 1.82) is 0 Å². The van der Waals surface area contributed by atoms with Gasteiger partial charge in [-0.3, -0.25) is 0 Å². The molecule has 124 valence electrons. The van der Waals surface area contributed by atoms with E-state index in [4.69, 9.17) is 9.47 Å². The molecule has 3 aromatic rings. The van der Waals surface area contributed by atoms with Gasteiger partial charge in [0.15, 0.2) is 0 Å². The summed E-state index contributed by atoms with van der Waals surface area (Å²) in [6.07, 6.45) is 2.47. The van der Waals surface area contributed by atoms with Crippen LogP contribution in [-0.2, 0) is 16.0 Å². The summed E-state index contributed by atoms with van der Waals surface area (Å²) in [6.45, 7) is 0. The first kappa shape index (κ1) is 15.9. The first-order valence-electron chi connectivity index (χ1n) is 7.74. The third-order valence-corrected chi connectivity index (χ3v) is 4.02. The Morgan fingerprint density at radius 2 is 1.88 bits per heavy atom. The van der Waals surface area contributed by atoms with E-state index in [2.05, 4.69) is 10.3 Å². The number of aromatic amines is 1. The highest BCUT2D eigenvalue weighted by Gasteiger charge is 2.21. The summed E-state index contributed by atoms with van der Waals surface area (Å²) < 4.78 is 10.1.